The highest BCUT2D eigenvalue weighted by atomic mass is 31.2. The molecule has 300 valence electrons. The zero-order valence-electron chi connectivity index (χ0n) is 27.9. The minimum absolute atomic E-state index is 0.0600. The third-order valence-electron chi connectivity index (χ3n) is 7.35. The van der Waals surface area contributed by atoms with Gasteiger partial charge in [0.1, 0.15) is 42.7 Å². The van der Waals surface area contributed by atoms with Crippen LogP contribution >= 0.6 is 31.3 Å². The molecule has 1 aliphatic rings. The van der Waals surface area contributed by atoms with E-state index in [0.717, 1.165) is 70.6 Å². The molecule has 0 bridgehead atoms. The van der Waals surface area contributed by atoms with E-state index >= 15 is 0 Å². The van der Waals surface area contributed by atoms with Crippen LogP contribution in [0.15, 0.2) is 0 Å². The van der Waals surface area contributed by atoms with Gasteiger partial charge >= 0.3 is 31.3 Å². The molecular weight excluding hydrogens is 758 g/mol. The van der Waals surface area contributed by atoms with Gasteiger partial charge in [-0.1, -0.05) is 64.7 Å². The van der Waals surface area contributed by atoms with Gasteiger partial charge in [-0.2, -0.15) is 0 Å². The van der Waals surface area contributed by atoms with E-state index in [4.69, 9.17) is 24.3 Å². The number of hydrogen-bond acceptors (Lipinski definition) is 14. The Kier molecular flexibility index (Phi) is 23.1. The molecule has 0 aromatic heterocycles. The maximum Gasteiger partial charge on any atom is 0.472 e. The third kappa shape index (κ3) is 21.8. The van der Waals surface area contributed by atoms with Gasteiger partial charge in [-0.15, -0.1) is 0 Å². The summed E-state index contributed by atoms with van der Waals surface area (Å²) in [6, 6.07) is 0. The van der Waals surface area contributed by atoms with Gasteiger partial charge in [0.15, 0.2) is 0 Å². The first kappa shape index (κ1) is 48.3. The zero-order chi connectivity index (χ0) is 38.0. The fourth-order valence-corrected chi connectivity index (χ4v) is 7.68. The van der Waals surface area contributed by atoms with Crippen molar-refractivity contribution in [2.45, 2.75) is 127 Å². The molecule has 0 spiro atoms. The molecule has 0 radical (unpaired) electrons. The van der Waals surface area contributed by atoms with Crippen molar-refractivity contribution in [1.82, 2.24) is 0 Å². The van der Waals surface area contributed by atoms with Gasteiger partial charge < -0.3 is 59.7 Å². The molecule has 1 saturated carbocycles. The van der Waals surface area contributed by atoms with Gasteiger partial charge in [-0.05, 0) is 25.8 Å². The highest BCUT2D eigenvalue weighted by Gasteiger charge is 2.58. The standard InChI is InChI=1S/C25H55NO20P4/c1-2-3-4-5-10-13-16-41-19(17-40-15-12-9-7-6-8-11-14-26)18-42-50(38,39)46-22-20(27)23(43-47(29,30)31)25(45-49(35,36)37)24(21(22)28)44-48(32,33)34/h19-25,27-28H,2-18,26H2,1H3,(H,38,39)(H2,29,30,31)(H2,32,33,34)(H2,35,36,37)/t19-,20+,21+,22?,23-,24+,25?/m1/s1. The van der Waals surface area contributed by atoms with E-state index in [9.17, 15) is 62.7 Å². The largest absolute Gasteiger partial charge is 0.472 e. The molecule has 0 heterocycles. The van der Waals surface area contributed by atoms with Gasteiger partial charge in [-0.3, -0.25) is 22.6 Å². The topological polar surface area (TPSA) is 341 Å². The minimum Gasteiger partial charge on any atom is -0.387 e. The van der Waals surface area contributed by atoms with Gasteiger partial charge in [0, 0.05) is 13.2 Å². The van der Waals surface area contributed by atoms with E-state index in [1.807, 2.05) is 0 Å². The van der Waals surface area contributed by atoms with Crippen molar-refractivity contribution in [3.05, 3.63) is 0 Å². The quantitative estimate of drug-likeness (QED) is 0.0379. The van der Waals surface area contributed by atoms with Crippen LogP contribution in [0.2, 0.25) is 0 Å². The fourth-order valence-electron chi connectivity index (χ4n) is 5.03. The van der Waals surface area contributed by atoms with Gasteiger partial charge in [0.05, 0.1) is 13.2 Å². The van der Waals surface area contributed by atoms with Crippen LogP contribution in [0.25, 0.3) is 0 Å². The Labute approximate surface area is 291 Å². The Morgan fingerprint density at radius 2 is 1.00 bits per heavy atom. The van der Waals surface area contributed by atoms with Crippen LogP contribution in [-0.2, 0) is 50.4 Å². The number of ether oxygens (including phenoxy) is 2. The smallest absolute Gasteiger partial charge is 0.387 e. The summed E-state index contributed by atoms with van der Waals surface area (Å²) in [7, 11) is -22.5. The average Bonchev–Trinajstić information content (AvgIpc) is 2.98. The average molecular weight is 814 g/mol. The first-order chi connectivity index (χ1) is 23.2. The summed E-state index contributed by atoms with van der Waals surface area (Å²) < 4.78 is 82.2. The Morgan fingerprint density at radius 1 is 0.560 bits per heavy atom. The number of hydrogen-bond donors (Lipinski definition) is 10. The lowest BCUT2D eigenvalue weighted by Gasteiger charge is -2.45. The molecule has 1 rings (SSSR count). The number of aliphatic hydroxyl groups excluding tert-OH is 2. The number of aliphatic hydroxyl groups is 2. The predicted octanol–water partition coefficient (Wildman–Crippen LogP) is 1.72. The first-order valence-corrected chi connectivity index (χ1v) is 22.4. The van der Waals surface area contributed by atoms with Crippen molar-refractivity contribution in [3.8, 4) is 0 Å². The summed E-state index contributed by atoms with van der Waals surface area (Å²) in [4.78, 5) is 66.4. The third-order valence-corrected chi connectivity index (χ3v) is 9.89. The predicted molar refractivity (Wildman–Crippen MR) is 174 cm³/mol. The molecule has 1 aliphatic carbocycles. The summed E-state index contributed by atoms with van der Waals surface area (Å²) >= 11 is 0. The molecule has 25 heteroatoms. The van der Waals surface area contributed by atoms with Crippen LogP contribution in [-0.4, -0.2) is 120 Å². The molecule has 0 aliphatic heterocycles. The second kappa shape index (κ2) is 23.9. The fraction of sp³-hybridized carbons (Fsp3) is 1.00. The molecule has 11 N–H and O–H groups in total. The van der Waals surface area contributed by atoms with Crippen LogP contribution in [0.3, 0.4) is 0 Å². The van der Waals surface area contributed by atoms with Gasteiger partial charge in [0.2, 0.25) is 0 Å². The number of unbranched alkanes of at least 4 members (excludes halogenated alkanes) is 10. The molecular formula is C25H55NO20P4. The lowest BCUT2D eigenvalue weighted by molar-refractivity contribution is -0.209. The number of nitrogens with two attached hydrogens (primary N) is 1. The summed E-state index contributed by atoms with van der Waals surface area (Å²) in [6.45, 7) is 2.67. The van der Waals surface area contributed by atoms with E-state index in [0.29, 0.717) is 19.6 Å². The summed E-state index contributed by atoms with van der Waals surface area (Å²) in [6.07, 6.45) is -5.26. The molecule has 8 atom stereocenters. The van der Waals surface area contributed by atoms with Crippen molar-refractivity contribution in [3.63, 3.8) is 0 Å². The lowest BCUT2D eigenvalue weighted by Crippen LogP contribution is -2.65. The second-order valence-electron chi connectivity index (χ2n) is 11.7. The Morgan fingerprint density at radius 3 is 1.48 bits per heavy atom. The Bertz CT molecular complexity index is 1080. The highest BCUT2D eigenvalue weighted by molar-refractivity contribution is 7.47. The maximum atomic E-state index is 13.0. The molecule has 0 aromatic rings. The van der Waals surface area contributed by atoms with Gasteiger partial charge in [0.25, 0.3) is 0 Å². The summed E-state index contributed by atoms with van der Waals surface area (Å²) in [5.74, 6) is 0. The monoisotopic (exact) mass is 813 g/mol. The molecule has 21 nitrogen and oxygen atoms in total. The summed E-state index contributed by atoms with van der Waals surface area (Å²) in [5.41, 5.74) is 5.50. The molecule has 1 fully saturated rings. The molecule has 50 heavy (non-hydrogen) atoms. The summed E-state index contributed by atoms with van der Waals surface area (Å²) in [5, 5.41) is 21.6. The molecule has 0 saturated heterocycles. The van der Waals surface area contributed by atoms with Crippen molar-refractivity contribution in [2.75, 3.05) is 33.0 Å². The van der Waals surface area contributed by atoms with Gasteiger partial charge in [-0.25, -0.2) is 18.3 Å². The van der Waals surface area contributed by atoms with E-state index in [2.05, 4.69) is 20.5 Å². The van der Waals surface area contributed by atoms with Crippen molar-refractivity contribution < 1.29 is 94.8 Å². The molecule has 0 amide bonds. The first-order valence-electron chi connectivity index (χ1n) is 16.3. The van der Waals surface area contributed by atoms with E-state index in [-0.39, 0.29) is 13.2 Å². The number of phosphoric acid groups is 4. The Balaban J connectivity index is 3.04. The van der Waals surface area contributed by atoms with E-state index in [1.54, 1.807) is 0 Å². The molecule has 0 aromatic carbocycles. The number of rotatable bonds is 29. The minimum atomic E-state index is -5.70. The lowest BCUT2D eigenvalue weighted by atomic mass is 9.85. The number of phosphoric ester groups is 4. The Hall–Kier alpha value is 0.240. The molecule has 3 unspecified atom stereocenters. The van der Waals surface area contributed by atoms with Crippen LogP contribution in [0.1, 0.15) is 84.0 Å². The SMILES string of the molecule is CCCCCCCCO[C@H](COCCCCCCCCN)COP(=O)(O)OC1[C@H](O)[C@H](OP(=O)(O)O)C(OP(=O)(O)O)[C@H](OP(=O)(O)O)[C@H]1O. The second-order valence-corrected chi connectivity index (χ2v) is 16.7. The van der Waals surface area contributed by atoms with Crippen molar-refractivity contribution in [1.29, 1.82) is 0 Å². The van der Waals surface area contributed by atoms with Crippen molar-refractivity contribution >= 4 is 31.3 Å². The van der Waals surface area contributed by atoms with Crippen LogP contribution in [0.5, 0.6) is 0 Å². The highest BCUT2D eigenvalue weighted by Crippen LogP contribution is 2.53. The maximum absolute atomic E-state index is 13.0. The van der Waals surface area contributed by atoms with Crippen molar-refractivity contribution in [2.24, 2.45) is 5.73 Å². The van der Waals surface area contributed by atoms with Crippen LogP contribution in [0, 0.1) is 0 Å². The van der Waals surface area contributed by atoms with Crippen LogP contribution < -0.4 is 5.73 Å². The van der Waals surface area contributed by atoms with E-state index in [1.165, 1.54) is 0 Å². The van der Waals surface area contributed by atoms with E-state index < -0.39 is 80.6 Å². The normalized spacial score (nSPS) is 25.4. The van der Waals surface area contributed by atoms with Crippen LogP contribution in [0.4, 0.5) is 0 Å². The zero-order valence-corrected chi connectivity index (χ0v) is 31.5.